The molecule has 1 aliphatic rings. The fourth-order valence-electron chi connectivity index (χ4n) is 2.69. The Morgan fingerprint density at radius 1 is 1.35 bits per heavy atom. The van der Waals surface area contributed by atoms with E-state index >= 15 is 0 Å². The van der Waals surface area contributed by atoms with Gasteiger partial charge in [0.15, 0.2) is 0 Å². The summed E-state index contributed by atoms with van der Waals surface area (Å²) in [6, 6.07) is 2.63. The van der Waals surface area contributed by atoms with Gasteiger partial charge in [-0.05, 0) is 37.2 Å². The van der Waals surface area contributed by atoms with E-state index < -0.39 is 0 Å². The topological polar surface area (TPSA) is 42.2 Å². The summed E-state index contributed by atoms with van der Waals surface area (Å²) in [5.74, 6) is 0. The van der Waals surface area contributed by atoms with Crippen molar-refractivity contribution < 1.29 is 0 Å². The van der Waals surface area contributed by atoms with Gasteiger partial charge in [-0.3, -0.25) is 4.98 Å². The molecule has 94 valence electrons. The highest BCUT2D eigenvalue weighted by Crippen LogP contribution is 2.38. The summed E-state index contributed by atoms with van der Waals surface area (Å²) in [5, 5.41) is 0. The smallest absolute Gasteiger partial charge is 0.0738 e. The van der Waals surface area contributed by atoms with Crippen molar-refractivity contribution in [1.29, 1.82) is 0 Å². The molecular formula is C14H23N3. The van der Waals surface area contributed by atoms with Gasteiger partial charge >= 0.3 is 0 Å². The lowest BCUT2D eigenvalue weighted by Gasteiger charge is -2.39. The predicted octanol–water partition coefficient (Wildman–Crippen LogP) is 3.07. The molecule has 2 N–H and O–H groups in total. The summed E-state index contributed by atoms with van der Waals surface area (Å²) >= 11 is 0. The molecule has 0 saturated heterocycles. The zero-order valence-electron chi connectivity index (χ0n) is 11.1. The molecule has 0 atom stereocenters. The highest BCUT2D eigenvalue weighted by atomic mass is 15.1. The predicted molar refractivity (Wildman–Crippen MR) is 73.1 cm³/mol. The van der Waals surface area contributed by atoms with Crippen molar-refractivity contribution in [2.45, 2.75) is 45.6 Å². The number of rotatable bonds is 2. The molecule has 0 spiro atoms. The lowest BCUT2D eigenvalue weighted by atomic mass is 9.75. The maximum atomic E-state index is 5.98. The second-order valence-electron chi connectivity index (χ2n) is 5.94. The van der Waals surface area contributed by atoms with Crippen LogP contribution in [0.2, 0.25) is 0 Å². The number of nitrogens with zero attached hydrogens (tertiary/aromatic N) is 2. The van der Waals surface area contributed by atoms with Crippen molar-refractivity contribution >= 4 is 11.4 Å². The molecule has 1 saturated carbocycles. The van der Waals surface area contributed by atoms with Crippen LogP contribution in [0.25, 0.3) is 0 Å². The lowest BCUT2D eigenvalue weighted by Crippen LogP contribution is -2.37. The van der Waals surface area contributed by atoms with E-state index in [0.717, 1.165) is 11.4 Å². The van der Waals surface area contributed by atoms with Gasteiger partial charge in [0.1, 0.15) is 0 Å². The minimum atomic E-state index is 0.515. The van der Waals surface area contributed by atoms with Crippen molar-refractivity contribution in [3.05, 3.63) is 18.5 Å². The number of anilines is 2. The van der Waals surface area contributed by atoms with Gasteiger partial charge in [-0.15, -0.1) is 0 Å². The Morgan fingerprint density at radius 2 is 2.00 bits per heavy atom. The van der Waals surface area contributed by atoms with Crippen LogP contribution >= 0.6 is 0 Å². The zero-order valence-corrected chi connectivity index (χ0v) is 11.1. The second-order valence-corrected chi connectivity index (χ2v) is 5.94. The van der Waals surface area contributed by atoms with Crippen LogP contribution < -0.4 is 10.6 Å². The van der Waals surface area contributed by atoms with Gasteiger partial charge in [-0.1, -0.05) is 13.8 Å². The Balaban J connectivity index is 2.07. The molecule has 1 aliphatic carbocycles. The Bertz CT molecular complexity index is 377. The first kappa shape index (κ1) is 12.2. The highest BCUT2D eigenvalue weighted by Gasteiger charge is 2.29. The number of nitrogen functional groups attached to an aromatic ring is 1. The van der Waals surface area contributed by atoms with Crippen LogP contribution in [0.4, 0.5) is 11.4 Å². The van der Waals surface area contributed by atoms with E-state index in [-0.39, 0.29) is 0 Å². The van der Waals surface area contributed by atoms with Crippen LogP contribution in [0, 0.1) is 5.41 Å². The molecule has 1 aromatic rings. The first-order chi connectivity index (χ1) is 7.99. The van der Waals surface area contributed by atoms with Crippen molar-refractivity contribution in [2.24, 2.45) is 5.41 Å². The fraction of sp³-hybridized carbons (Fsp3) is 0.643. The Morgan fingerprint density at radius 3 is 2.59 bits per heavy atom. The third kappa shape index (κ3) is 2.71. The SMILES string of the molecule is CN(c1ccncc1N)C1CCC(C)(C)CC1. The monoisotopic (exact) mass is 233 g/mol. The van der Waals surface area contributed by atoms with Crippen LogP contribution in [0.5, 0.6) is 0 Å². The second kappa shape index (κ2) is 4.55. The normalized spacial score (nSPS) is 20.2. The molecule has 3 nitrogen and oxygen atoms in total. The molecule has 1 heterocycles. The lowest BCUT2D eigenvalue weighted by molar-refractivity contribution is 0.222. The average Bonchev–Trinajstić information content (AvgIpc) is 2.29. The van der Waals surface area contributed by atoms with Crippen LogP contribution in [-0.4, -0.2) is 18.1 Å². The highest BCUT2D eigenvalue weighted by molar-refractivity contribution is 5.66. The minimum absolute atomic E-state index is 0.515. The summed E-state index contributed by atoms with van der Waals surface area (Å²) in [5.41, 5.74) is 8.39. The van der Waals surface area contributed by atoms with Crippen molar-refractivity contribution in [2.75, 3.05) is 17.7 Å². The molecular weight excluding hydrogens is 210 g/mol. The zero-order chi connectivity index (χ0) is 12.5. The Hall–Kier alpha value is -1.25. The molecule has 2 rings (SSSR count). The fourth-order valence-corrected chi connectivity index (χ4v) is 2.69. The Labute approximate surface area is 104 Å². The quantitative estimate of drug-likeness (QED) is 0.853. The van der Waals surface area contributed by atoms with E-state index in [0.29, 0.717) is 11.5 Å². The van der Waals surface area contributed by atoms with Crippen molar-refractivity contribution in [3.8, 4) is 0 Å². The number of hydrogen-bond donors (Lipinski definition) is 1. The van der Waals surface area contributed by atoms with E-state index in [1.54, 1.807) is 6.20 Å². The number of aromatic nitrogens is 1. The molecule has 0 unspecified atom stereocenters. The van der Waals surface area contributed by atoms with Crippen LogP contribution in [0.1, 0.15) is 39.5 Å². The van der Waals surface area contributed by atoms with Crippen LogP contribution in [-0.2, 0) is 0 Å². The van der Waals surface area contributed by atoms with Gasteiger partial charge in [0, 0.05) is 19.3 Å². The van der Waals surface area contributed by atoms with E-state index in [9.17, 15) is 0 Å². The third-order valence-electron chi connectivity index (χ3n) is 4.06. The number of pyridine rings is 1. The molecule has 17 heavy (non-hydrogen) atoms. The molecule has 1 fully saturated rings. The maximum absolute atomic E-state index is 5.98. The molecule has 0 aliphatic heterocycles. The van der Waals surface area contributed by atoms with E-state index in [1.165, 1.54) is 25.7 Å². The largest absolute Gasteiger partial charge is 0.396 e. The maximum Gasteiger partial charge on any atom is 0.0738 e. The molecule has 0 radical (unpaired) electrons. The van der Waals surface area contributed by atoms with Crippen molar-refractivity contribution in [3.63, 3.8) is 0 Å². The van der Waals surface area contributed by atoms with E-state index in [1.807, 2.05) is 12.3 Å². The summed E-state index contributed by atoms with van der Waals surface area (Å²) < 4.78 is 0. The molecule has 0 amide bonds. The van der Waals surface area contributed by atoms with Crippen LogP contribution in [0.15, 0.2) is 18.5 Å². The minimum Gasteiger partial charge on any atom is -0.396 e. The standard InChI is InChI=1S/C14H23N3/c1-14(2)7-4-11(5-8-14)17(3)13-6-9-16-10-12(13)15/h6,9-11H,4-5,7-8,15H2,1-3H3. The van der Waals surface area contributed by atoms with Gasteiger partial charge in [-0.25, -0.2) is 0 Å². The number of hydrogen-bond acceptors (Lipinski definition) is 3. The van der Waals surface area contributed by atoms with Crippen molar-refractivity contribution in [1.82, 2.24) is 4.98 Å². The Kier molecular flexibility index (Phi) is 3.27. The summed E-state index contributed by atoms with van der Waals surface area (Å²) in [4.78, 5) is 6.37. The molecule has 1 aromatic heterocycles. The van der Waals surface area contributed by atoms with Crippen LogP contribution in [0.3, 0.4) is 0 Å². The van der Waals surface area contributed by atoms with Gasteiger partial charge in [-0.2, -0.15) is 0 Å². The van der Waals surface area contributed by atoms with Gasteiger partial charge < -0.3 is 10.6 Å². The third-order valence-corrected chi connectivity index (χ3v) is 4.06. The first-order valence-electron chi connectivity index (χ1n) is 6.42. The molecule has 3 heteroatoms. The first-order valence-corrected chi connectivity index (χ1v) is 6.42. The van der Waals surface area contributed by atoms with E-state index in [2.05, 4.69) is 30.8 Å². The van der Waals surface area contributed by atoms with Gasteiger partial charge in [0.25, 0.3) is 0 Å². The van der Waals surface area contributed by atoms with Gasteiger partial charge in [0.05, 0.1) is 17.6 Å². The molecule has 0 bridgehead atoms. The molecule has 0 aromatic carbocycles. The van der Waals surface area contributed by atoms with E-state index in [4.69, 9.17) is 5.73 Å². The number of nitrogens with two attached hydrogens (primary N) is 1. The summed E-state index contributed by atoms with van der Waals surface area (Å²) in [7, 11) is 2.15. The summed E-state index contributed by atoms with van der Waals surface area (Å²) in [6.45, 7) is 4.73. The van der Waals surface area contributed by atoms with Gasteiger partial charge in [0.2, 0.25) is 0 Å². The summed E-state index contributed by atoms with van der Waals surface area (Å²) in [6.07, 6.45) is 8.66. The average molecular weight is 233 g/mol.